The molecule has 0 aromatic heterocycles. The van der Waals surface area contributed by atoms with Gasteiger partial charge in [0.1, 0.15) is 48.8 Å². The molecule has 0 bridgehead atoms. The molecule has 0 spiro atoms. The molecule has 1 amide bonds. The monoisotopic (exact) mass is 383 g/mol. The van der Waals surface area contributed by atoms with Crippen LogP contribution in [0.15, 0.2) is 0 Å². The predicted octanol–water partition coefficient (Wildman–Crippen LogP) is -5.25. The van der Waals surface area contributed by atoms with E-state index in [0.29, 0.717) is 0 Å². The number of aliphatic hydroxyl groups excluding tert-OH is 7. The molecule has 2 fully saturated rings. The molecule has 12 nitrogen and oxygen atoms in total. The van der Waals surface area contributed by atoms with Gasteiger partial charge in [-0.15, -0.1) is 0 Å². The number of nitrogens with one attached hydrogen (secondary N) is 1. The van der Waals surface area contributed by atoms with Crippen LogP contribution in [0.2, 0.25) is 0 Å². The molecule has 10 atom stereocenters. The Kier molecular flexibility index (Phi) is 7.27. The average molecular weight is 383 g/mol. The SMILES string of the molecule is CC(=O)N[C@@H]1[C@@H](O[C@H]2O[C@H](CO)[C@@H](O)[C@H](O)[C@@H]2O)[C@H](O)[C@@H](CO)O[C@@H]1O. The van der Waals surface area contributed by atoms with Gasteiger partial charge in [-0.05, 0) is 0 Å². The Morgan fingerprint density at radius 2 is 1.50 bits per heavy atom. The fraction of sp³-hybridized carbons (Fsp3) is 0.929. The molecule has 26 heavy (non-hydrogen) atoms. The Bertz CT molecular complexity index is 478. The zero-order valence-electron chi connectivity index (χ0n) is 14.0. The maximum atomic E-state index is 11.4. The van der Waals surface area contributed by atoms with Gasteiger partial charge in [0.15, 0.2) is 12.6 Å². The van der Waals surface area contributed by atoms with Gasteiger partial charge in [-0.3, -0.25) is 4.79 Å². The Balaban J connectivity index is 2.21. The number of carbonyl (C=O) groups is 1. The molecule has 2 heterocycles. The van der Waals surface area contributed by atoms with Crippen LogP contribution in [0, 0.1) is 0 Å². The van der Waals surface area contributed by atoms with E-state index in [-0.39, 0.29) is 0 Å². The molecule has 0 radical (unpaired) electrons. The Morgan fingerprint density at radius 1 is 0.923 bits per heavy atom. The van der Waals surface area contributed by atoms with Crippen molar-refractivity contribution >= 4 is 5.91 Å². The summed E-state index contributed by atoms with van der Waals surface area (Å²) in [5, 5.41) is 70.7. The first kappa shape index (κ1) is 21.4. The summed E-state index contributed by atoms with van der Waals surface area (Å²) in [6.45, 7) is -0.195. The number of aliphatic hydroxyl groups is 7. The molecular weight excluding hydrogens is 358 g/mol. The maximum Gasteiger partial charge on any atom is 0.217 e. The van der Waals surface area contributed by atoms with Crippen LogP contribution in [0.4, 0.5) is 0 Å². The molecule has 152 valence electrons. The zero-order chi connectivity index (χ0) is 19.6. The van der Waals surface area contributed by atoms with Crippen LogP contribution in [0.25, 0.3) is 0 Å². The van der Waals surface area contributed by atoms with Crippen LogP contribution in [-0.2, 0) is 19.0 Å². The lowest BCUT2D eigenvalue weighted by atomic mass is 9.95. The first-order chi connectivity index (χ1) is 12.2. The van der Waals surface area contributed by atoms with Crippen molar-refractivity contribution in [1.82, 2.24) is 5.32 Å². The molecule has 12 heteroatoms. The minimum atomic E-state index is -1.74. The molecule has 0 unspecified atom stereocenters. The highest BCUT2D eigenvalue weighted by atomic mass is 16.7. The molecule has 2 rings (SSSR count). The van der Waals surface area contributed by atoms with E-state index in [2.05, 4.69) is 5.32 Å². The highest BCUT2D eigenvalue weighted by Crippen LogP contribution is 2.28. The zero-order valence-corrected chi connectivity index (χ0v) is 14.0. The van der Waals surface area contributed by atoms with Gasteiger partial charge in [0.2, 0.25) is 5.91 Å². The summed E-state index contributed by atoms with van der Waals surface area (Å²) >= 11 is 0. The van der Waals surface area contributed by atoms with E-state index in [1.165, 1.54) is 0 Å². The van der Waals surface area contributed by atoms with Crippen LogP contribution in [0.5, 0.6) is 0 Å². The number of ether oxygens (including phenoxy) is 3. The number of hydrogen-bond donors (Lipinski definition) is 8. The van der Waals surface area contributed by atoms with Gasteiger partial charge >= 0.3 is 0 Å². The Labute approximate surface area is 148 Å². The second-order valence-corrected chi connectivity index (χ2v) is 6.26. The van der Waals surface area contributed by atoms with Gasteiger partial charge in [-0.25, -0.2) is 0 Å². The smallest absolute Gasteiger partial charge is 0.217 e. The second-order valence-electron chi connectivity index (χ2n) is 6.26. The third kappa shape index (κ3) is 4.31. The highest BCUT2D eigenvalue weighted by Gasteiger charge is 2.50. The van der Waals surface area contributed by atoms with Crippen molar-refractivity contribution < 1.29 is 54.8 Å². The van der Waals surface area contributed by atoms with E-state index in [9.17, 15) is 40.5 Å². The number of amides is 1. The summed E-state index contributed by atoms with van der Waals surface area (Å²) in [7, 11) is 0. The number of carbonyl (C=O) groups excluding carboxylic acids is 1. The summed E-state index contributed by atoms with van der Waals surface area (Å²) in [4.78, 5) is 11.4. The molecule has 2 saturated heterocycles. The van der Waals surface area contributed by atoms with Crippen LogP contribution in [0.1, 0.15) is 6.92 Å². The van der Waals surface area contributed by atoms with Gasteiger partial charge in [-0.2, -0.15) is 0 Å². The molecular formula is C14H25NO11. The lowest BCUT2D eigenvalue weighted by Gasteiger charge is -2.46. The van der Waals surface area contributed by atoms with E-state index in [0.717, 1.165) is 6.92 Å². The van der Waals surface area contributed by atoms with Crippen molar-refractivity contribution in [2.45, 2.75) is 68.3 Å². The first-order valence-electron chi connectivity index (χ1n) is 8.06. The predicted molar refractivity (Wildman–Crippen MR) is 80.2 cm³/mol. The van der Waals surface area contributed by atoms with Crippen molar-refractivity contribution in [1.29, 1.82) is 0 Å². The topological polar surface area (TPSA) is 198 Å². The van der Waals surface area contributed by atoms with Gasteiger partial charge in [0.05, 0.1) is 13.2 Å². The summed E-state index contributed by atoms with van der Waals surface area (Å²) in [5.41, 5.74) is 0. The molecule has 2 aliphatic rings. The summed E-state index contributed by atoms with van der Waals surface area (Å²) in [5.74, 6) is -0.574. The van der Waals surface area contributed by atoms with Crippen molar-refractivity contribution in [3.05, 3.63) is 0 Å². The number of hydrogen-bond acceptors (Lipinski definition) is 11. The Morgan fingerprint density at radius 3 is 2.04 bits per heavy atom. The molecule has 0 aromatic carbocycles. The van der Waals surface area contributed by atoms with Crippen LogP contribution in [-0.4, -0.2) is 116 Å². The lowest BCUT2D eigenvalue weighted by Crippen LogP contribution is -2.67. The Hall–Kier alpha value is -0.930. The fourth-order valence-electron chi connectivity index (χ4n) is 2.97. The maximum absolute atomic E-state index is 11.4. The molecule has 8 N–H and O–H groups in total. The van der Waals surface area contributed by atoms with Crippen molar-refractivity contribution in [3.63, 3.8) is 0 Å². The van der Waals surface area contributed by atoms with E-state index >= 15 is 0 Å². The van der Waals surface area contributed by atoms with Crippen molar-refractivity contribution in [3.8, 4) is 0 Å². The number of rotatable bonds is 5. The molecule has 0 saturated carbocycles. The first-order valence-corrected chi connectivity index (χ1v) is 8.06. The molecule has 0 aromatic rings. The minimum Gasteiger partial charge on any atom is -0.394 e. The summed E-state index contributed by atoms with van der Waals surface area (Å²) < 4.78 is 15.7. The summed E-state index contributed by atoms with van der Waals surface area (Å²) in [6.07, 6.45) is -13.7. The van der Waals surface area contributed by atoms with Gasteiger partial charge in [0, 0.05) is 6.92 Å². The van der Waals surface area contributed by atoms with E-state index in [4.69, 9.17) is 14.2 Å². The van der Waals surface area contributed by atoms with Crippen molar-refractivity contribution in [2.24, 2.45) is 0 Å². The third-order valence-corrected chi connectivity index (χ3v) is 4.38. The van der Waals surface area contributed by atoms with Gasteiger partial charge < -0.3 is 55.3 Å². The van der Waals surface area contributed by atoms with Crippen molar-refractivity contribution in [2.75, 3.05) is 13.2 Å². The summed E-state index contributed by atoms with van der Waals surface area (Å²) in [6, 6.07) is -1.28. The average Bonchev–Trinajstić information content (AvgIpc) is 2.60. The van der Waals surface area contributed by atoms with Crippen LogP contribution >= 0.6 is 0 Å². The van der Waals surface area contributed by atoms with Crippen LogP contribution < -0.4 is 5.32 Å². The van der Waals surface area contributed by atoms with E-state index < -0.39 is 80.5 Å². The third-order valence-electron chi connectivity index (χ3n) is 4.38. The normalized spacial score (nSPS) is 46.8. The van der Waals surface area contributed by atoms with Gasteiger partial charge in [-0.1, -0.05) is 0 Å². The van der Waals surface area contributed by atoms with E-state index in [1.54, 1.807) is 0 Å². The quantitative estimate of drug-likeness (QED) is 0.226. The van der Waals surface area contributed by atoms with Gasteiger partial charge in [0.25, 0.3) is 0 Å². The standard InChI is InChI=1S/C14H25NO11/c1-4(18)15-7-12(9(20)6(3-17)24-13(7)23)26-14-11(22)10(21)8(19)5(2-16)25-14/h5-14,16-17,19-23H,2-3H2,1H3,(H,15,18)/t5-,6-,7-,8-,9-,10+,11+,12-,13+,14-/m1/s1. The molecule has 0 aliphatic carbocycles. The minimum absolute atomic E-state index is 0.574. The fourth-order valence-corrected chi connectivity index (χ4v) is 2.97. The largest absolute Gasteiger partial charge is 0.394 e. The second kappa shape index (κ2) is 8.84. The lowest BCUT2D eigenvalue weighted by molar-refractivity contribution is -0.341. The van der Waals surface area contributed by atoms with E-state index in [1.807, 2.05) is 0 Å². The van der Waals surface area contributed by atoms with Crippen LogP contribution in [0.3, 0.4) is 0 Å². The molecule has 2 aliphatic heterocycles. The highest BCUT2D eigenvalue weighted by molar-refractivity contribution is 5.73.